The first-order valence-corrected chi connectivity index (χ1v) is 9.75. The fraction of sp³-hybridized carbons (Fsp3) is 0.684. The number of ether oxygens (including phenoxy) is 2. The van der Waals surface area contributed by atoms with Crippen molar-refractivity contribution in [3.05, 3.63) is 24.4 Å². The van der Waals surface area contributed by atoms with Crippen molar-refractivity contribution in [1.82, 2.24) is 21.2 Å². The number of nitrogens with zero attached hydrogens (tertiary/aromatic N) is 1. The van der Waals surface area contributed by atoms with E-state index in [0.717, 1.165) is 6.42 Å². The Morgan fingerprint density at radius 3 is 3.08 bits per heavy atom. The third kappa shape index (κ3) is 4.16. The van der Waals surface area contributed by atoms with Gasteiger partial charge in [-0.25, -0.2) is 4.98 Å². The van der Waals surface area contributed by atoms with Gasteiger partial charge in [0.15, 0.2) is 0 Å². The van der Waals surface area contributed by atoms with Gasteiger partial charge in [0, 0.05) is 37.2 Å². The van der Waals surface area contributed by atoms with Gasteiger partial charge < -0.3 is 14.8 Å². The van der Waals surface area contributed by atoms with E-state index in [1.165, 1.54) is 25.7 Å². The highest BCUT2D eigenvalue weighted by atomic mass is 16.5. The monoisotopic (exact) mass is 360 g/mol. The summed E-state index contributed by atoms with van der Waals surface area (Å²) in [5, 5.41) is 3.13. The van der Waals surface area contributed by atoms with Crippen LogP contribution in [0, 0.1) is 5.92 Å². The summed E-state index contributed by atoms with van der Waals surface area (Å²) in [5.74, 6) is 1.20. The number of amides is 1. The molecule has 1 aliphatic carbocycles. The number of hydrogen-bond acceptors (Lipinski definition) is 6. The number of rotatable bonds is 5. The number of hydrazine groups is 1. The Hall–Kier alpha value is -1.70. The van der Waals surface area contributed by atoms with Gasteiger partial charge in [-0.2, -0.15) is 0 Å². The van der Waals surface area contributed by atoms with Crippen molar-refractivity contribution in [1.29, 1.82) is 0 Å². The molecule has 0 radical (unpaired) electrons. The SMILES string of the molecule is O=C(CC1NNC2CCCCC21)N[C@@H]1COCC[C@H]1Oc1ccccn1. The molecular weight excluding hydrogens is 332 g/mol. The predicted molar refractivity (Wildman–Crippen MR) is 96.4 cm³/mol. The lowest BCUT2D eigenvalue weighted by Gasteiger charge is -2.32. The summed E-state index contributed by atoms with van der Waals surface area (Å²) >= 11 is 0. The van der Waals surface area contributed by atoms with E-state index in [1.807, 2.05) is 18.2 Å². The highest BCUT2D eigenvalue weighted by Crippen LogP contribution is 2.31. The van der Waals surface area contributed by atoms with Crippen LogP contribution in [0.5, 0.6) is 5.88 Å². The summed E-state index contributed by atoms with van der Waals surface area (Å²) in [6.45, 7) is 1.12. The normalized spacial score (nSPS) is 34.1. The Kier molecular flexibility index (Phi) is 5.67. The van der Waals surface area contributed by atoms with Crippen molar-refractivity contribution in [3.63, 3.8) is 0 Å². The second-order valence-corrected chi connectivity index (χ2v) is 7.52. The summed E-state index contributed by atoms with van der Waals surface area (Å²) in [6, 6.07) is 6.17. The van der Waals surface area contributed by atoms with Crippen LogP contribution in [0.25, 0.3) is 0 Å². The smallest absolute Gasteiger partial charge is 0.222 e. The van der Waals surface area contributed by atoms with Gasteiger partial charge in [-0.3, -0.25) is 15.6 Å². The molecular formula is C19H28N4O3. The molecule has 142 valence electrons. The number of aromatic nitrogens is 1. The lowest BCUT2D eigenvalue weighted by molar-refractivity contribution is -0.125. The average molecular weight is 360 g/mol. The number of carbonyl (C=O) groups is 1. The fourth-order valence-corrected chi connectivity index (χ4v) is 4.38. The molecule has 3 heterocycles. The Morgan fingerprint density at radius 1 is 1.27 bits per heavy atom. The zero-order valence-corrected chi connectivity index (χ0v) is 15.0. The van der Waals surface area contributed by atoms with E-state index in [4.69, 9.17) is 9.47 Å². The number of fused-ring (bicyclic) bond motifs is 1. The maximum atomic E-state index is 12.6. The average Bonchev–Trinajstić information content (AvgIpc) is 3.07. The van der Waals surface area contributed by atoms with Crippen molar-refractivity contribution in [2.45, 2.75) is 62.8 Å². The number of nitrogens with one attached hydrogen (secondary N) is 3. The van der Waals surface area contributed by atoms with Gasteiger partial charge in [-0.05, 0) is 24.8 Å². The van der Waals surface area contributed by atoms with Gasteiger partial charge in [0.1, 0.15) is 6.10 Å². The Labute approximate surface area is 154 Å². The number of pyridine rings is 1. The lowest BCUT2D eigenvalue weighted by atomic mass is 9.81. The Bertz CT molecular complexity index is 600. The molecule has 0 spiro atoms. The molecule has 1 amide bonds. The molecule has 3 unspecified atom stereocenters. The minimum absolute atomic E-state index is 0.0562. The fourth-order valence-electron chi connectivity index (χ4n) is 4.38. The summed E-state index contributed by atoms with van der Waals surface area (Å²) in [6.07, 6.45) is 7.77. The van der Waals surface area contributed by atoms with Crippen LogP contribution in [0.4, 0.5) is 0 Å². The van der Waals surface area contributed by atoms with E-state index in [0.29, 0.717) is 37.5 Å². The minimum atomic E-state index is -0.144. The first-order valence-electron chi connectivity index (χ1n) is 9.75. The van der Waals surface area contributed by atoms with Gasteiger partial charge in [-0.1, -0.05) is 18.9 Å². The summed E-state index contributed by atoms with van der Waals surface area (Å²) in [4.78, 5) is 16.9. The topological polar surface area (TPSA) is 84.5 Å². The van der Waals surface area contributed by atoms with Crippen LogP contribution in [0.2, 0.25) is 0 Å². The second-order valence-electron chi connectivity index (χ2n) is 7.52. The lowest BCUT2D eigenvalue weighted by Crippen LogP contribution is -2.53. The number of hydrogen-bond donors (Lipinski definition) is 3. The van der Waals surface area contributed by atoms with Gasteiger partial charge in [0.25, 0.3) is 0 Å². The molecule has 3 N–H and O–H groups in total. The quantitative estimate of drug-likeness (QED) is 0.731. The van der Waals surface area contributed by atoms with E-state index in [9.17, 15) is 4.79 Å². The summed E-state index contributed by atoms with van der Waals surface area (Å²) in [5.41, 5.74) is 6.71. The molecule has 4 rings (SSSR count). The molecule has 1 aromatic rings. The highest BCUT2D eigenvalue weighted by Gasteiger charge is 2.38. The third-order valence-corrected chi connectivity index (χ3v) is 5.74. The van der Waals surface area contributed by atoms with Crippen LogP contribution in [0.1, 0.15) is 38.5 Å². The van der Waals surface area contributed by atoms with Gasteiger partial charge in [0.05, 0.1) is 19.3 Å². The van der Waals surface area contributed by atoms with Crippen molar-refractivity contribution in [2.24, 2.45) is 5.92 Å². The molecule has 0 aromatic carbocycles. The molecule has 7 heteroatoms. The molecule has 2 aliphatic heterocycles. The van der Waals surface area contributed by atoms with Crippen LogP contribution < -0.4 is 20.9 Å². The van der Waals surface area contributed by atoms with Crippen LogP contribution in [0.15, 0.2) is 24.4 Å². The van der Waals surface area contributed by atoms with Crippen molar-refractivity contribution >= 4 is 5.91 Å². The Balaban J connectivity index is 1.32. The van der Waals surface area contributed by atoms with E-state index >= 15 is 0 Å². The van der Waals surface area contributed by atoms with E-state index in [-0.39, 0.29) is 24.1 Å². The molecule has 1 saturated carbocycles. The zero-order valence-electron chi connectivity index (χ0n) is 15.0. The molecule has 5 atom stereocenters. The van der Waals surface area contributed by atoms with E-state index in [2.05, 4.69) is 21.2 Å². The van der Waals surface area contributed by atoms with Crippen LogP contribution in [-0.2, 0) is 9.53 Å². The molecule has 2 saturated heterocycles. The minimum Gasteiger partial charge on any atom is -0.472 e. The van der Waals surface area contributed by atoms with Crippen LogP contribution in [-0.4, -0.2) is 48.3 Å². The molecule has 3 aliphatic rings. The summed E-state index contributed by atoms with van der Waals surface area (Å²) in [7, 11) is 0. The Morgan fingerprint density at radius 2 is 2.19 bits per heavy atom. The maximum absolute atomic E-state index is 12.6. The number of carbonyl (C=O) groups excluding carboxylic acids is 1. The second kappa shape index (κ2) is 8.33. The standard InChI is InChI=1S/C19H28N4O3/c24-18(11-15-13-5-1-2-6-14(13)22-23-15)21-16-12-25-10-8-17(16)26-19-7-3-4-9-20-19/h3-4,7,9,13-17,22-23H,1-2,5-6,8,10-12H2,(H,21,24)/t13?,14?,15?,16-,17-/m1/s1. The van der Waals surface area contributed by atoms with Gasteiger partial charge in [-0.15, -0.1) is 0 Å². The first kappa shape index (κ1) is 17.7. The zero-order chi connectivity index (χ0) is 17.8. The first-order chi connectivity index (χ1) is 12.8. The van der Waals surface area contributed by atoms with Crippen LogP contribution in [0.3, 0.4) is 0 Å². The molecule has 7 nitrogen and oxygen atoms in total. The van der Waals surface area contributed by atoms with E-state index in [1.54, 1.807) is 6.20 Å². The van der Waals surface area contributed by atoms with Gasteiger partial charge >= 0.3 is 0 Å². The molecule has 26 heavy (non-hydrogen) atoms. The van der Waals surface area contributed by atoms with E-state index < -0.39 is 0 Å². The van der Waals surface area contributed by atoms with Crippen molar-refractivity contribution < 1.29 is 14.3 Å². The third-order valence-electron chi connectivity index (χ3n) is 5.74. The predicted octanol–water partition coefficient (Wildman–Crippen LogP) is 1.16. The molecule has 1 aromatic heterocycles. The van der Waals surface area contributed by atoms with Crippen LogP contribution >= 0.6 is 0 Å². The van der Waals surface area contributed by atoms with Crippen molar-refractivity contribution in [3.8, 4) is 5.88 Å². The summed E-state index contributed by atoms with van der Waals surface area (Å²) < 4.78 is 11.6. The van der Waals surface area contributed by atoms with Crippen molar-refractivity contribution in [2.75, 3.05) is 13.2 Å². The largest absolute Gasteiger partial charge is 0.472 e. The maximum Gasteiger partial charge on any atom is 0.222 e. The molecule has 3 fully saturated rings. The van der Waals surface area contributed by atoms with Gasteiger partial charge in [0.2, 0.25) is 11.8 Å². The molecule has 0 bridgehead atoms. The highest BCUT2D eigenvalue weighted by molar-refractivity contribution is 5.77.